The highest BCUT2D eigenvalue weighted by atomic mass is 32.2. The molecule has 0 amide bonds. The highest BCUT2D eigenvalue weighted by molar-refractivity contribution is 7.87. The summed E-state index contributed by atoms with van der Waals surface area (Å²) in [5.41, 5.74) is 0.783. The lowest BCUT2D eigenvalue weighted by Gasteiger charge is -2.21. The molecule has 8 heteroatoms. The van der Waals surface area contributed by atoms with Crippen molar-refractivity contribution in [3.05, 3.63) is 29.8 Å². The van der Waals surface area contributed by atoms with E-state index >= 15 is 0 Å². The summed E-state index contributed by atoms with van der Waals surface area (Å²) >= 11 is 0. The van der Waals surface area contributed by atoms with Gasteiger partial charge in [-0.2, -0.15) is 17.4 Å². The van der Waals surface area contributed by atoms with Crippen LogP contribution in [0.25, 0.3) is 0 Å². The standard InChI is InChI=1S/C13H20N2O5S/c1-10(11-4-6-12(20-3)7-5-11)14-21(18,19)15(2)9-8-13(16)17/h4-7,10,14H,8-9H2,1-3H3,(H,16,17)/t10-/m1/s1. The fourth-order valence-electron chi connectivity index (χ4n) is 1.65. The Hall–Kier alpha value is -1.64. The van der Waals surface area contributed by atoms with Gasteiger partial charge in [0.25, 0.3) is 10.2 Å². The molecule has 118 valence electrons. The van der Waals surface area contributed by atoms with Gasteiger partial charge in [0.15, 0.2) is 0 Å². The van der Waals surface area contributed by atoms with Crippen LogP contribution in [0.4, 0.5) is 0 Å². The van der Waals surface area contributed by atoms with E-state index in [4.69, 9.17) is 9.84 Å². The zero-order chi connectivity index (χ0) is 16.0. The van der Waals surface area contributed by atoms with E-state index in [-0.39, 0.29) is 13.0 Å². The lowest BCUT2D eigenvalue weighted by Crippen LogP contribution is -2.40. The van der Waals surface area contributed by atoms with E-state index in [0.717, 1.165) is 9.87 Å². The summed E-state index contributed by atoms with van der Waals surface area (Å²) in [5.74, 6) is -0.354. The molecule has 1 atom stereocenters. The smallest absolute Gasteiger partial charge is 0.304 e. The maximum absolute atomic E-state index is 12.0. The molecule has 0 aliphatic heterocycles. The minimum absolute atomic E-state index is 0.0833. The first-order chi connectivity index (χ1) is 9.76. The predicted octanol–water partition coefficient (Wildman–Crippen LogP) is 0.997. The van der Waals surface area contributed by atoms with Crippen molar-refractivity contribution in [1.82, 2.24) is 9.03 Å². The summed E-state index contributed by atoms with van der Waals surface area (Å²) in [6.45, 7) is 1.63. The number of ether oxygens (including phenoxy) is 1. The monoisotopic (exact) mass is 316 g/mol. The van der Waals surface area contributed by atoms with E-state index in [0.29, 0.717) is 5.75 Å². The molecular formula is C13H20N2O5S. The van der Waals surface area contributed by atoms with Crippen LogP contribution in [-0.4, -0.2) is 44.5 Å². The van der Waals surface area contributed by atoms with Gasteiger partial charge in [-0.3, -0.25) is 4.79 Å². The average Bonchev–Trinajstić information content (AvgIpc) is 2.44. The van der Waals surface area contributed by atoms with Gasteiger partial charge < -0.3 is 9.84 Å². The quantitative estimate of drug-likeness (QED) is 0.746. The zero-order valence-electron chi connectivity index (χ0n) is 12.2. The molecule has 0 fully saturated rings. The van der Waals surface area contributed by atoms with Crippen molar-refractivity contribution in [2.75, 3.05) is 20.7 Å². The fraction of sp³-hybridized carbons (Fsp3) is 0.462. The van der Waals surface area contributed by atoms with Crippen LogP contribution < -0.4 is 9.46 Å². The summed E-state index contributed by atoms with van der Waals surface area (Å²) in [7, 11) is -0.837. The van der Waals surface area contributed by atoms with Crippen molar-refractivity contribution >= 4 is 16.2 Å². The third kappa shape index (κ3) is 5.33. The Morgan fingerprint density at radius 1 is 1.38 bits per heavy atom. The molecule has 0 aromatic heterocycles. The molecule has 1 aromatic rings. The van der Waals surface area contributed by atoms with Gasteiger partial charge in [-0.15, -0.1) is 0 Å². The summed E-state index contributed by atoms with van der Waals surface area (Å²) in [4.78, 5) is 10.5. The Labute approximate surface area is 124 Å². The molecule has 0 bridgehead atoms. The Balaban J connectivity index is 2.70. The molecule has 0 unspecified atom stereocenters. The molecule has 1 rings (SSSR count). The van der Waals surface area contributed by atoms with Gasteiger partial charge in [-0.1, -0.05) is 12.1 Å². The van der Waals surface area contributed by atoms with Crippen molar-refractivity contribution in [2.45, 2.75) is 19.4 Å². The number of carboxylic acid groups (broad SMARTS) is 1. The number of hydrogen-bond acceptors (Lipinski definition) is 4. The van der Waals surface area contributed by atoms with Crippen molar-refractivity contribution in [3.8, 4) is 5.75 Å². The van der Waals surface area contributed by atoms with Crippen LogP contribution >= 0.6 is 0 Å². The number of rotatable bonds is 8. The van der Waals surface area contributed by atoms with E-state index in [1.54, 1.807) is 38.3 Å². The molecule has 0 aliphatic carbocycles. The number of hydrogen-bond donors (Lipinski definition) is 2. The molecule has 21 heavy (non-hydrogen) atoms. The van der Waals surface area contributed by atoms with Crippen LogP contribution in [0.2, 0.25) is 0 Å². The van der Waals surface area contributed by atoms with Crippen LogP contribution in [0.1, 0.15) is 24.9 Å². The van der Waals surface area contributed by atoms with Crippen LogP contribution in [0.5, 0.6) is 5.75 Å². The number of methoxy groups -OCH3 is 1. The van der Waals surface area contributed by atoms with E-state index in [9.17, 15) is 13.2 Å². The first kappa shape index (κ1) is 17.4. The highest BCUT2D eigenvalue weighted by Crippen LogP contribution is 2.18. The molecule has 0 spiro atoms. The molecular weight excluding hydrogens is 296 g/mol. The normalized spacial score (nSPS) is 13.1. The van der Waals surface area contributed by atoms with Crippen molar-refractivity contribution < 1.29 is 23.1 Å². The van der Waals surface area contributed by atoms with Gasteiger partial charge in [-0.25, -0.2) is 0 Å². The van der Waals surface area contributed by atoms with Gasteiger partial charge >= 0.3 is 5.97 Å². The minimum Gasteiger partial charge on any atom is -0.497 e. The number of aliphatic carboxylic acids is 1. The lowest BCUT2D eigenvalue weighted by atomic mass is 10.1. The minimum atomic E-state index is -3.73. The van der Waals surface area contributed by atoms with E-state index in [2.05, 4.69) is 4.72 Å². The molecule has 1 aromatic carbocycles. The SMILES string of the molecule is COc1ccc([C@@H](C)NS(=O)(=O)N(C)CCC(=O)O)cc1. The Morgan fingerprint density at radius 3 is 2.43 bits per heavy atom. The van der Waals surface area contributed by atoms with Gasteiger partial charge in [0.2, 0.25) is 0 Å². The Kier molecular flexibility index (Phi) is 6.13. The molecule has 0 saturated carbocycles. The van der Waals surface area contributed by atoms with Crippen LogP contribution in [0.3, 0.4) is 0 Å². The van der Waals surface area contributed by atoms with E-state index in [1.165, 1.54) is 7.05 Å². The largest absolute Gasteiger partial charge is 0.497 e. The highest BCUT2D eigenvalue weighted by Gasteiger charge is 2.21. The first-order valence-electron chi connectivity index (χ1n) is 6.35. The summed E-state index contributed by atoms with van der Waals surface area (Å²) < 4.78 is 32.6. The molecule has 0 heterocycles. The van der Waals surface area contributed by atoms with E-state index in [1.807, 2.05) is 0 Å². The fourth-order valence-corrected chi connectivity index (χ4v) is 2.74. The topological polar surface area (TPSA) is 95.9 Å². The van der Waals surface area contributed by atoms with Gasteiger partial charge in [0, 0.05) is 19.6 Å². The summed E-state index contributed by atoms with van der Waals surface area (Å²) in [6.07, 6.45) is -0.242. The predicted molar refractivity (Wildman–Crippen MR) is 78.3 cm³/mol. The second-order valence-electron chi connectivity index (χ2n) is 4.58. The third-order valence-electron chi connectivity index (χ3n) is 2.99. The van der Waals surface area contributed by atoms with Crippen molar-refractivity contribution in [2.24, 2.45) is 0 Å². The number of nitrogens with one attached hydrogen (secondary N) is 1. The second-order valence-corrected chi connectivity index (χ2v) is 6.39. The molecule has 2 N–H and O–H groups in total. The zero-order valence-corrected chi connectivity index (χ0v) is 13.1. The first-order valence-corrected chi connectivity index (χ1v) is 7.79. The maximum atomic E-state index is 12.0. The molecule has 0 aliphatic rings. The van der Waals surface area contributed by atoms with Gasteiger partial charge in [0.05, 0.1) is 13.5 Å². The Morgan fingerprint density at radius 2 is 1.95 bits per heavy atom. The second kappa shape index (κ2) is 7.39. The van der Waals surface area contributed by atoms with Gasteiger partial charge in [-0.05, 0) is 24.6 Å². The number of carboxylic acids is 1. The molecule has 7 nitrogen and oxygen atoms in total. The summed E-state index contributed by atoms with van der Waals surface area (Å²) in [6, 6.07) is 6.59. The van der Waals surface area contributed by atoms with E-state index < -0.39 is 22.2 Å². The third-order valence-corrected chi connectivity index (χ3v) is 4.65. The maximum Gasteiger partial charge on any atom is 0.304 e. The van der Waals surface area contributed by atoms with Gasteiger partial charge in [0.1, 0.15) is 5.75 Å². The van der Waals surface area contributed by atoms with Crippen molar-refractivity contribution in [3.63, 3.8) is 0 Å². The molecule has 0 radical (unpaired) electrons. The average molecular weight is 316 g/mol. The molecule has 0 saturated heterocycles. The summed E-state index contributed by atoms with van der Waals surface area (Å²) in [5, 5.41) is 8.58. The van der Waals surface area contributed by atoms with Crippen molar-refractivity contribution in [1.29, 1.82) is 0 Å². The number of carbonyl (C=O) groups is 1. The van der Waals surface area contributed by atoms with Crippen LogP contribution in [0.15, 0.2) is 24.3 Å². The van der Waals surface area contributed by atoms with Crippen LogP contribution in [-0.2, 0) is 15.0 Å². The lowest BCUT2D eigenvalue weighted by molar-refractivity contribution is -0.137. The Bertz CT molecular complexity index is 571. The number of nitrogens with zero attached hydrogens (tertiary/aromatic N) is 1. The van der Waals surface area contributed by atoms with Crippen LogP contribution in [0, 0.1) is 0 Å². The number of benzene rings is 1.